The number of nitrogens with one attached hydrogen (secondary N) is 2. The number of morpholine rings is 1. The average molecular weight is 417 g/mol. The van der Waals surface area contributed by atoms with Gasteiger partial charge >= 0.3 is 0 Å². The third-order valence-corrected chi connectivity index (χ3v) is 5.10. The number of nitriles is 1. The lowest BCUT2D eigenvalue weighted by Crippen LogP contribution is -3.11. The van der Waals surface area contributed by atoms with E-state index >= 15 is 0 Å². The lowest BCUT2D eigenvalue weighted by atomic mass is 9.78. The van der Waals surface area contributed by atoms with Crippen LogP contribution in [0.15, 0.2) is 23.8 Å². The predicted molar refractivity (Wildman–Crippen MR) is 111 cm³/mol. The molecule has 1 amide bonds. The highest BCUT2D eigenvalue weighted by atomic mass is 32.1. The second-order valence-electron chi connectivity index (χ2n) is 6.61. The van der Waals surface area contributed by atoms with E-state index in [0.29, 0.717) is 17.1 Å². The Morgan fingerprint density at radius 1 is 1.28 bits per heavy atom. The fourth-order valence-corrected chi connectivity index (χ4v) is 3.37. The molecule has 2 aliphatic heterocycles. The van der Waals surface area contributed by atoms with E-state index in [2.05, 4.69) is 12.4 Å². The predicted octanol–water partition coefficient (Wildman–Crippen LogP) is 0.0812. The molecule has 2 fully saturated rings. The minimum atomic E-state index is -1.03. The molecule has 8 nitrogen and oxygen atoms in total. The number of likely N-dealkylation sites (N-methyl/N-ethyl adjacent to an activating group) is 1. The first-order valence-corrected chi connectivity index (χ1v) is 9.50. The number of piperidine rings is 1. The first-order valence-electron chi connectivity index (χ1n) is 9.09. The van der Waals surface area contributed by atoms with Crippen LogP contribution in [0.4, 0.5) is 0 Å². The zero-order chi connectivity index (χ0) is 21.4. The zero-order valence-electron chi connectivity index (χ0n) is 16.7. The van der Waals surface area contributed by atoms with E-state index in [1.165, 1.54) is 27.3 Å². The topological polar surface area (TPSA) is 107 Å². The van der Waals surface area contributed by atoms with Gasteiger partial charge in [0, 0.05) is 11.5 Å². The molecule has 0 saturated carbocycles. The van der Waals surface area contributed by atoms with Gasteiger partial charge in [-0.05, 0) is 17.7 Å². The molecule has 2 atom stereocenters. The maximum absolute atomic E-state index is 12.0. The number of amides is 1. The van der Waals surface area contributed by atoms with Crippen LogP contribution in [0.2, 0.25) is 0 Å². The molecule has 29 heavy (non-hydrogen) atoms. The first-order chi connectivity index (χ1) is 14.0. The van der Waals surface area contributed by atoms with E-state index in [4.69, 9.17) is 26.4 Å². The van der Waals surface area contributed by atoms with Crippen LogP contribution in [-0.2, 0) is 9.53 Å². The number of thiocarbonyl (C=S) groups is 1. The second kappa shape index (κ2) is 10.7. The summed E-state index contributed by atoms with van der Waals surface area (Å²) in [4.78, 5) is 13.6. The van der Waals surface area contributed by atoms with Gasteiger partial charge in [0.25, 0.3) is 0 Å². The number of hydrogen-bond acceptors (Lipinski definition) is 6. The van der Waals surface area contributed by atoms with E-state index in [1.54, 1.807) is 23.1 Å². The highest BCUT2D eigenvalue weighted by Crippen LogP contribution is 2.38. The molecule has 0 aromatic heterocycles. The van der Waals surface area contributed by atoms with E-state index in [0.717, 1.165) is 13.2 Å². The molecule has 0 bridgehead atoms. The van der Waals surface area contributed by atoms with Gasteiger partial charge in [-0.3, -0.25) is 10.7 Å². The van der Waals surface area contributed by atoms with Crippen LogP contribution in [0, 0.1) is 17.2 Å². The van der Waals surface area contributed by atoms with Crippen LogP contribution in [0.3, 0.4) is 0 Å². The molecule has 0 aliphatic carbocycles. The molecule has 154 valence electrons. The maximum atomic E-state index is 12.0. The molecular formula is C20H24N4O4S. The van der Waals surface area contributed by atoms with Gasteiger partial charge in [-0.15, -0.1) is 0 Å². The Bertz CT molecular complexity index is 855. The Labute approximate surface area is 175 Å². The van der Waals surface area contributed by atoms with Crippen LogP contribution in [-0.4, -0.2) is 64.3 Å². The summed E-state index contributed by atoms with van der Waals surface area (Å²) in [5.41, 5.74) is 0.784. The maximum Gasteiger partial charge on any atom is 0.243 e. The third kappa shape index (κ3) is 5.40. The highest BCUT2D eigenvalue weighted by molar-refractivity contribution is 7.80. The number of benzene rings is 1. The second-order valence-corrected chi connectivity index (χ2v) is 7.02. The number of carbonyl (C=O) groups excluding carboxylic acids is 1. The standard InChI is InChI=1S/C15H12N3O3S.C5H11NO/c1-20-11-4-3-8(5-12(11)21-2)13-9(6-16)14(19)18-15(22)10(13)7-17;1-6-2-4-7-5-3-6/h3-5,9,13H,1-2H3,(H,18,19,22);2-5H2,1H3/q-1;/p+1. The summed E-state index contributed by atoms with van der Waals surface area (Å²) in [6, 6.07) is 6.93. The summed E-state index contributed by atoms with van der Waals surface area (Å²) in [5, 5.41) is 21.0. The molecule has 9 heteroatoms. The number of ether oxygens (including phenoxy) is 3. The van der Waals surface area contributed by atoms with Crippen LogP contribution in [0.25, 0.3) is 5.41 Å². The summed E-state index contributed by atoms with van der Waals surface area (Å²) in [7, 11) is 5.19. The molecular weight excluding hydrogens is 392 g/mol. The average Bonchev–Trinajstić information content (AvgIpc) is 2.73. The normalized spacial score (nSPS) is 21.8. The van der Waals surface area contributed by atoms with Crippen molar-refractivity contribution in [1.82, 2.24) is 5.32 Å². The monoisotopic (exact) mass is 416 g/mol. The SMILES string of the molecule is COc1ccc(C2C(=C=[N-])C(=S)NC(=O)C2C#N)cc1OC.C[NH+]1CCOCC1. The van der Waals surface area contributed by atoms with Gasteiger partial charge in [-0.2, -0.15) is 5.26 Å². The fraction of sp³-hybridized carbons (Fsp3) is 0.450. The molecule has 2 N–H and O–H groups in total. The van der Waals surface area contributed by atoms with Gasteiger partial charge in [0.2, 0.25) is 5.91 Å². The lowest BCUT2D eigenvalue weighted by molar-refractivity contribution is -0.888. The minimum Gasteiger partial charge on any atom is -0.763 e. The fourth-order valence-electron chi connectivity index (χ4n) is 3.09. The Balaban J connectivity index is 0.000000360. The molecule has 2 unspecified atom stereocenters. The van der Waals surface area contributed by atoms with Crippen LogP contribution >= 0.6 is 12.2 Å². The first kappa shape index (κ1) is 22.5. The van der Waals surface area contributed by atoms with Crippen molar-refractivity contribution in [2.45, 2.75) is 5.92 Å². The molecule has 2 saturated heterocycles. The van der Waals surface area contributed by atoms with Gasteiger partial charge in [-0.25, -0.2) is 0 Å². The van der Waals surface area contributed by atoms with Crippen molar-refractivity contribution in [2.24, 2.45) is 5.92 Å². The third-order valence-electron chi connectivity index (χ3n) is 4.78. The van der Waals surface area contributed by atoms with Crippen molar-refractivity contribution < 1.29 is 23.9 Å². The van der Waals surface area contributed by atoms with Crippen molar-refractivity contribution in [3.63, 3.8) is 0 Å². The molecule has 0 radical (unpaired) electrons. The Hall–Kier alpha value is -2.76. The van der Waals surface area contributed by atoms with Crippen molar-refractivity contribution in [1.29, 1.82) is 5.26 Å². The quantitative estimate of drug-likeness (QED) is 0.411. The number of quaternary nitrogens is 1. The largest absolute Gasteiger partial charge is 0.763 e. The number of nitrogens with zero attached hydrogens (tertiary/aromatic N) is 2. The zero-order valence-corrected chi connectivity index (χ0v) is 17.5. The van der Waals surface area contributed by atoms with E-state index in [-0.39, 0.29) is 10.6 Å². The van der Waals surface area contributed by atoms with Crippen molar-refractivity contribution >= 4 is 29.0 Å². The summed E-state index contributed by atoms with van der Waals surface area (Å²) in [6.07, 6.45) is 0. The molecule has 2 heterocycles. The summed E-state index contributed by atoms with van der Waals surface area (Å²) in [6.45, 7) is 4.26. The van der Waals surface area contributed by atoms with E-state index < -0.39 is 17.7 Å². The Kier molecular flexibility index (Phi) is 8.31. The van der Waals surface area contributed by atoms with Crippen molar-refractivity contribution in [2.75, 3.05) is 47.6 Å². The molecule has 2 aliphatic rings. The molecule has 0 spiro atoms. The molecule has 1 aromatic carbocycles. The number of carbonyl (C=O) groups is 1. The van der Waals surface area contributed by atoms with E-state index in [1.807, 2.05) is 11.9 Å². The summed E-state index contributed by atoms with van der Waals surface area (Å²) >= 11 is 5.03. The number of methoxy groups -OCH3 is 2. The number of hydrogen-bond donors (Lipinski definition) is 2. The van der Waals surface area contributed by atoms with Crippen molar-refractivity contribution in [3.8, 4) is 17.6 Å². The lowest BCUT2D eigenvalue weighted by Gasteiger charge is -2.30. The summed E-state index contributed by atoms with van der Waals surface area (Å²) < 4.78 is 15.5. The molecule has 3 rings (SSSR count). The smallest absolute Gasteiger partial charge is 0.243 e. The molecule has 1 aromatic rings. The van der Waals surface area contributed by atoms with Crippen LogP contribution < -0.4 is 19.7 Å². The number of rotatable bonds is 3. The Morgan fingerprint density at radius 3 is 2.41 bits per heavy atom. The van der Waals surface area contributed by atoms with Crippen LogP contribution in [0.5, 0.6) is 11.5 Å². The highest BCUT2D eigenvalue weighted by Gasteiger charge is 2.39. The van der Waals surface area contributed by atoms with Gasteiger partial charge < -0.3 is 29.8 Å². The van der Waals surface area contributed by atoms with E-state index in [9.17, 15) is 15.5 Å². The van der Waals surface area contributed by atoms with Gasteiger partial charge in [-0.1, -0.05) is 18.3 Å². The van der Waals surface area contributed by atoms with Gasteiger partial charge in [0.05, 0.1) is 40.6 Å². The summed E-state index contributed by atoms with van der Waals surface area (Å²) in [5.74, 6) is 0.693. The minimum absolute atomic E-state index is 0.0544. The van der Waals surface area contributed by atoms with Crippen LogP contribution in [0.1, 0.15) is 11.5 Å². The Morgan fingerprint density at radius 2 is 1.93 bits per heavy atom. The van der Waals surface area contributed by atoms with Gasteiger partial charge in [0.1, 0.15) is 24.0 Å². The van der Waals surface area contributed by atoms with Gasteiger partial charge in [0.15, 0.2) is 11.5 Å². The van der Waals surface area contributed by atoms with Crippen molar-refractivity contribution in [3.05, 3.63) is 34.7 Å².